The fraction of sp³-hybridized carbons (Fsp3) is 0.194. The van der Waals surface area contributed by atoms with Crippen LogP contribution in [-0.4, -0.2) is 31.7 Å². The van der Waals surface area contributed by atoms with Crippen LogP contribution in [0.1, 0.15) is 45.9 Å². The number of nitrogens with one attached hydrogen (secondary N) is 1. The van der Waals surface area contributed by atoms with E-state index in [1.165, 1.54) is 6.20 Å². The molecular formula is C31H28N4O4. The van der Waals surface area contributed by atoms with Crippen LogP contribution in [-0.2, 0) is 22.6 Å². The fourth-order valence-electron chi connectivity index (χ4n) is 4.87. The van der Waals surface area contributed by atoms with E-state index in [0.717, 1.165) is 27.7 Å². The Bertz CT molecular complexity index is 1570. The number of carbonyl (C=O) groups is 1. The van der Waals surface area contributed by atoms with Gasteiger partial charge in [-0.15, -0.1) is 0 Å². The number of ether oxygens (including phenoxy) is 2. The van der Waals surface area contributed by atoms with Crippen molar-refractivity contribution in [2.24, 2.45) is 0 Å². The molecule has 2 aromatic heterocycles. The second-order valence-corrected chi connectivity index (χ2v) is 9.56. The summed E-state index contributed by atoms with van der Waals surface area (Å²) in [5.74, 6) is -0.238. The first-order valence-electron chi connectivity index (χ1n) is 12.9. The molecule has 8 nitrogen and oxygen atoms in total. The maximum absolute atomic E-state index is 12.7. The molecule has 6 rings (SSSR count). The van der Waals surface area contributed by atoms with Crippen molar-refractivity contribution >= 4 is 22.6 Å². The quantitative estimate of drug-likeness (QED) is 0.297. The Morgan fingerprint density at radius 3 is 2.67 bits per heavy atom. The molecule has 3 aromatic carbocycles. The lowest BCUT2D eigenvalue weighted by Crippen LogP contribution is -2.32. The highest BCUT2D eigenvalue weighted by molar-refractivity contribution is 6.04. The average molecular weight is 521 g/mol. The van der Waals surface area contributed by atoms with E-state index in [4.69, 9.17) is 9.47 Å². The first-order valence-corrected chi connectivity index (χ1v) is 12.9. The molecule has 2 N–H and O–H groups in total. The zero-order valence-corrected chi connectivity index (χ0v) is 21.2. The second kappa shape index (κ2) is 11.2. The van der Waals surface area contributed by atoms with Gasteiger partial charge in [-0.3, -0.25) is 9.78 Å². The molecular weight excluding hydrogens is 492 g/mol. The molecule has 0 aliphatic carbocycles. The highest BCUT2D eigenvalue weighted by Gasteiger charge is 2.32. The number of para-hydroxylation sites is 2. The number of aliphatic hydroxyl groups is 1. The van der Waals surface area contributed by atoms with Gasteiger partial charge in [0.15, 0.2) is 6.29 Å². The summed E-state index contributed by atoms with van der Waals surface area (Å²) in [6, 6.07) is 26.8. The summed E-state index contributed by atoms with van der Waals surface area (Å²) in [5, 5.41) is 12.4. The van der Waals surface area contributed by atoms with Crippen molar-refractivity contribution in [2.45, 2.75) is 38.1 Å². The summed E-state index contributed by atoms with van der Waals surface area (Å²) in [7, 11) is 0. The summed E-state index contributed by atoms with van der Waals surface area (Å²) < 4.78 is 15.1. The standard InChI is InChI=1S/C31H28N4O4/c36-19-21-10-12-22(13-11-21)29-16-26(18-35-20-33-27-8-1-2-9-28(27)35)38-31(39-29)23-5-3-7-25(15-23)34-30(37)24-6-4-14-32-17-24/h1-15,17,20,26,29,31,36H,16,18-19H2,(H,34,37)/t26-,29+,31+/m0/s1. The number of nitrogens with zero attached hydrogens (tertiary/aromatic N) is 3. The number of aliphatic hydroxyl groups excluding tert-OH is 1. The fourth-order valence-corrected chi connectivity index (χ4v) is 4.87. The van der Waals surface area contributed by atoms with Crippen molar-refractivity contribution in [3.63, 3.8) is 0 Å². The minimum atomic E-state index is -0.642. The number of imidazole rings is 1. The number of aromatic nitrogens is 3. The molecule has 1 aliphatic rings. The lowest BCUT2D eigenvalue weighted by atomic mass is 10.00. The molecule has 1 fully saturated rings. The van der Waals surface area contributed by atoms with Crippen molar-refractivity contribution in [2.75, 3.05) is 5.32 Å². The number of anilines is 1. The number of fused-ring (bicyclic) bond motifs is 1. The number of carbonyl (C=O) groups excluding carboxylic acids is 1. The maximum atomic E-state index is 12.7. The zero-order valence-electron chi connectivity index (χ0n) is 21.2. The van der Waals surface area contributed by atoms with Crippen LogP contribution in [0.15, 0.2) is 104 Å². The van der Waals surface area contributed by atoms with Crippen LogP contribution in [0.25, 0.3) is 11.0 Å². The predicted molar refractivity (Wildman–Crippen MR) is 147 cm³/mol. The zero-order chi connectivity index (χ0) is 26.6. The predicted octanol–water partition coefficient (Wildman–Crippen LogP) is 5.42. The van der Waals surface area contributed by atoms with Gasteiger partial charge in [-0.1, -0.05) is 48.5 Å². The van der Waals surface area contributed by atoms with E-state index in [-0.39, 0.29) is 24.7 Å². The molecule has 0 spiro atoms. The summed E-state index contributed by atoms with van der Waals surface area (Å²) in [6.07, 6.45) is 4.64. The van der Waals surface area contributed by atoms with Gasteiger partial charge in [-0.2, -0.15) is 0 Å². The molecule has 196 valence electrons. The molecule has 8 heteroatoms. The van der Waals surface area contributed by atoms with Gasteiger partial charge in [0.05, 0.1) is 48.3 Å². The smallest absolute Gasteiger partial charge is 0.257 e. The maximum Gasteiger partial charge on any atom is 0.257 e. The minimum absolute atomic E-state index is 0.00851. The Labute approximate surface area is 225 Å². The van der Waals surface area contributed by atoms with Gasteiger partial charge in [-0.25, -0.2) is 4.98 Å². The van der Waals surface area contributed by atoms with E-state index >= 15 is 0 Å². The SMILES string of the molecule is O=C(Nc1cccc([C@@H]2O[C@H](Cn3cnc4ccccc43)C[C@H](c3ccc(CO)cc3)O2)c1)c1cccnc1. The van der Waals surface area contributed by atoms with Crippen molar-refractivity contribution in [1.82, 2.24) is 14.5 Å². The monoisotopic (exact) mass is 520 g/mol. The molecule has 3 heterocycles. The van der Waals surface area contributed by atoms with Crippen molar-refractivity contribution in [1.29, 1.82) is 0 Å². The molecule has 0 bridgehead atoms. The van der Waals surface area contributed by atoms with E-state index in [1.54, 1.807) is 18.3 Å². The Balaban J connectivity index is 1.27. The van der Waals surface area contributed by atoms with Gasteiger partial charge in [0, 0.05) is 30.1 Å². The number of rotatable bonds is 7. The Morgan fingerprint density at radius 2 is 1.85 bits per heavy atom. The number of hydrogen-bond donors (Lipinski definition) is 2. The van der Waals surface area contributed by atoms with E-state index < -0.39 is 6.29 Å². The second-order valence-electron chi connectivity index (χ2n) is 9.56. The van der Waals surface area contributed by atoms with Gasteiger partial charge in [0.25, 0.3) is 5.91 Å². The third-order valence-corrected chi connectivity index (χ3v) is 6.88. The molecule has 0 saturated carbocycles. The van der Waals surface area contributed by atoms with Gasteiger partial charge in [-0.05, 0) is 47.5 Å². The minimum Gasteiger partial charge on any atom is -0.392 e. The Morgan fingerprint density at radius 1 is 0.974 bits per heavy atom. The first kappa shape index (κ1) is 24.9. The van der Waals surface area contributed by atoms with Gasteiger partial charge < -0.3 is 24.5 Å². The summed E-state index contributed by atoms with van der Waals surface area (Å²) in [6.45, 7) is 0.606. The highest BCUT2D eigenvalue weighted by atomic mass is 16.7. The molecule has 5 aromatic rings. The van der Waals surface area contributed by atoms with Crippen molar-refractivity contribution in [3.05, 3.63) is 126 Å². The van der Waals surface area contributed by atoms with Crippen LogP contribution < -0.4 is 5.32 Å². The topological polar surface area (TPSA) is 98.5 Å². The van der Waals surface area contributed by atoms with Crippen LogP contribution in [0, 0.1) is 0 Å². The number of benzene rings is 3. The lowest BCUT2D eigenvalue weighted by Gasteiger charge is -2.36. The first-order chi connectivity index (χ1) is 19.2. The van der Waals surface area contributed by atoms with Crippen LogP contribution in [0.5, 0.6) is 0 Å². The lowest BCUT2D eigenvalue weighted by molar-refractivity contribution is -0.252. The van der Waals surface area contributed by atoms with Crippen LogP contribution in [0.2, 0.25) is 0 Å². The van der Waals surface area contributed by atoms with E-state index in [9.17, 15) is 9.90 Å². The highest BCUT2D eigenvalue weighted by Crippen LogP contribution is 2.39. The average Bonchev–Trinajstić information content (AvgIpc) is 3.40. The summed E-state index contributed by atoms with van der Waals surface area (Å²) in [5.41, 5.74) is 5.77. The molecule has 0 unspecified atom stereocenters. The normalized spacial score (nSPS) is 19.2. The van der Waals surface area contributed by atoms with Crippen LogP contribution in [0.3, 0.4) is 0 Å². The number of amides is 1. The molecule has 0 radical (unpaired) electrons. The summed E-state index contributed by atoms with van der Waals surface area (Å²) in [4.78, 5) is 21.2. The van der Waals surface area contributed by atoms with Gasteiger partial charge >= 0.3 is 0 Å². The molecule has 3 atom stereocenters. The molecule has 1 aliphatic heterocycles. The van der Waals surface area contributed by atoms with Crippen LogP contribution in [0.4, 0.5) is 5.69 Å². The largest absolute Gasteiger partial charge is 0.392 e. The van der Waals surface area contributed by atoms with E-state index in [2.05, 4.69) is 25.9 Å². The van der Waals surface area contributed by atoms with E-state index in [0.29, 0.717) is 24.2 Å². The Hall–Kier alpha value is -4.37. The van der Waals surface area contributed by atoms with Gasteiger partial charge in [0.2, 0.25) is 0 Å². The number of hydrogen-bond acceptors (Lipinski definition) is 6. The van der Waals surface area contributed by atoms with E-state index in [1.807, 2.05) is 73.1 Å². The van der Waals surface area contributed by atoms with Crippen LogP contribution >= 0.6 is 0 Å². The van der Waals surface area contributed by atoms with Gasteiger partial charge in [0.1, 0.15) is 0 Å². The Kier molecular flexibility index (Phi) is 7.14. The third kappa shape index (κ3) is 5.58. The van der Waals surface area contributed by atoms with Crippen molar-refractivity contribution in [3.8, 4) is 0 Å². The molecule has 1 amide bonds. The van der Waals surface area contributed by atoms with Crippen molar-refractivity contribution < 1.29 is 19.4 Å². The molecule has 39 heavy (non-hydrogen) atoms. The molecule has 1 saturated heterocycles. The number of pyridine rings is 1. The third-order valence-electron chi connectivity index (χ3n) is 6.88. The summed E-state index contributed by atoms with van der Waals surface area (Å²) >= 11 is 0.